The predicted molar refractivity (Wildman–Crippen MR) is 104 cm³/mol. The van der Waals surface area contributed by atoms with Crippen molar-refractivity contribution in [1.82, 2.24) is 4.90 Å². The number of aliphatic hydroxyl groups excluding tert-OH is 1. The molecule has 6 heteroatoms. The first kappa shape index (κ1) is 19.5. The third kappa shape index (κ3) is 4.72. The number of esters is 1. The zero-order chi connectivity index (χ0) is 18.5. The maximum absolute atomic E-state index is 11.5. The number of likely N-dealkylation sites (tertiary alicyclic amines) is 1. The minimum Gasteiger partial charge on any atom is -0.488 e. The Kier molecular flexibility index (Phi) is 6.84. The van der Waals surface area contributed by atoms with Gasteiger partial charge in [0.15, 0.2) is 0 Å². The molecule has 1 heterocycles. The van der Waals surface area contributed by atoms with E-state index in [1.54, 1.807) is 24.3 Å². The third-order valence-electron chi connectivity index (χ3n) is 5.55. The smallest absolute Gasteiger partial charge is 0.337 e. The monoisotopic (exact) mass is 379 g/mol. The highest BCUT2D eigenvalue weighted by Crippen LogP contribution is 2.38. The van der Waals surface area contributed by atoms with Gasteiger partial charge in [-0.1, -0.05) is 0 Å². The van der Waals surface area contributed by atoms with E-state index in [1.807, 2.05) is 11.8 Å². The van der Waals surface area contributed by atoms with E-state index < -0.39 is 6.10 Å². The van der Waals surface area contributed by atoms with Gasteiger partial charge < -0.3 is 19.5 Å². The maximum Gasteiger partial charge on any atom is 0.337 e. The van der Waals surface area contributed by atoms with Gasteiger partial charge >= 0.3 is 5.97 Å². The lowest BCUT2D eigenvalue weighted by Gasteiger charge is -2.35. The van der Waals surface area contributed by atoms with E-state index in [-0.39, 0.29) is 12.1 Å². The average molecular weight is 380 g/mol. The molecule has 1 aliphatic carbocycles. The fourth-order valence-electron chi connectivity index (χ4n) is 4.19. The quantitative estimate of drug-likeness (QED) is 0.581. The van der Waals surface area contributed by atoms with E-state index in [0.29, 0.717) is 23.1 Å². The number of nitrogens with zero attached hydrogens (tertiary/aromatic N) is 1. The summed E-state index contributed by atoms with van der Waals surface area (Å²) >= 11 is 1.90. The number of ether oxygens (including phenoxy) is 2. The highest BCUT2D eigenvalue weighted by molar-refractivity contribution is 7.98. The van der Waals surface area contributed by atoms with Gasteiger partial charge in [0.2, 0.25) is 0 Å². The fourth-order valence-corrected chi connectivity index (χ4v) is 4.61. The Hall–Kier alpha value is -1.24. The molecule has 2 fully saturated rings. The van der Waals surface area contributed by atoms with Gasteiger partial charge in [-0.2, -0.15) is 11.8 Å². The number of thioether (sulfide) groups is 1. The molecule has 3 rings (SSSR count). The molecule has 0 unspecified atom stereocenters. The second kappa shape index (κ2) is 9.11. The number of rotatable bonds is 7. The van der Waals surface area contributed by atoms with Gasteiger partial charge in [0, 0.05) is 13.1 Å². The molecule has 1 saturated carbocycles. The van der Waals surface area contributed by atoms with Crippen LogP contribution in [0.2, 0.25) is 0 Å². The molecule has 0 aromatic heterocycles. The van der Waals surface area contributed by atoms with Crippen LogP contribution in [0, 0.1) is 11.8 Å². The van der Waals surface area contributed by atoms with Gasteiger partial charge in [-0.3, -0.25) is 0 Å². The number of hydrogen-bond acceptors (Lipinski definition) is 6. The summed E-state index contributed by atoms with van der Waals surface area (Å²) in [6.07, 6.45) is 4.49. The predicted octanol–water partition coefficient (Wildman–Crippen LogP) is 2.68. The Labute approximate surface area is 160 Å². The number of benzene rings is 1. The maximum atomic E-state index is 11.5. The van der Waals surface area contributed by atoms with Gasteiger partial charge in [-0.15, -0.1) is 0 Å². The van der Waals surface area contributed by atoms with Gasteiger partial charge in [-0.05, 0) is 73.9 Å². The van der Waals surface area contributed by atoms with E-state index in [9.17, 15) is 9.90 Å². The van der Waals surface area contributed by atoms with E-state index >= 15 is 0 Å². The summed E-state index contributed by atoms with van der Waals surface area (Å²) in [5.74, 6) is 2.73. The molecule has 26 heavy (non-hydrogen) atoms. The summed E-state index contributed by atoms with van der Waals surface area (Å²) in [7, 11) is 1.37. The standard InChI is InChI=1S/C20H29NO4S/c1-24-20(23)14-4-6-17(7-5-14)25-19-11-16-13-21(8-3-9-26-2)12-15(16)10-18(19)22/h4-7,15-16,18-19,22H,3,8-13H2,1-2H3/t15-,16+,18+,19+/m0/s1. The van der Waals surface area contributed by atoms with Crippen molar-refractivity contribution in [1.29, 1.82) is 0 Å². The van der Waals surface area contributed by atoms with Crippen molar-refractivity contribution >= 4 is 17.7 Å². The lowest BCUT2D eigenvalue weighted by Crippen LogP contribution is -2.42. The van der Waals surface area contributed by atoms with Crippen LogP contribution < -0.4 is 4.74 Å². The zero-order valence-corrected chi connectivity index (χ0v) is 16.4. The van der Waals surface area contributed by atoms with Crippen molar-refractivity contribution in [2.45, 2.75) is 31.5 Å². The van der Waals surface area contributed by atoms with Crippen LogP contribution in [0.15, 0.2) is 24.3 Å². The molecule has 1 aliphatic heterocycles. The molecule has 1 aromatic carbocycles. The number of carbonyl (C=O) groups is 1. The molecule has 0 spiro atoms. The van der Waals surface area contributed by atoms with E-state index in [4.69, 9.17) is 9.47 Å². The number of fused-ring (bicyclic) bond motifs is 1. The van der Waals surface area contributed by atoms with Crippen LogP contribution in [0.3, 0.4) is 0 Å². The number of hydrogen-bond donors (Lipinski definition) is 1. The topological polar surface area (TPSA) is 59.0 Å². The Bertz CT molecular complexity index is 594. The van der Waals surface area contributed by atoms with Crippen molar-refractivity contribution in [2.75, 3.05) is 38.8 Å². The molecule has 5 nitrogen and oxygen atoms in total. The highest BCUT2D eigenvalue weighted by Gasteiger charge is 2.42. The summed E-state index contributed by atoms with van der Waals surface area (Å²) in [5.41, 5.74) is 0.501. The molecular weight excluding hydrogens is 350 g/mol. The Morgan fingerprint density at radius 2 is 1.92 bits per heavy atom. The van der Waals surface area contributed by atoms with Crippen molar-refractivity contribution in [2.24, 2.45) is 11.8 Å². The lowest BCUT2D eigenvalue weighted by molar-refractivity contribution is -0.0231. The van der Waals surface area contributed by atoms with Gasteiger partial charge in [0.25, 0.3) is 0 Å². The Balaban J connectivity index is 1.54. The Morgan fingerprint density at radius 1 is 1.23 bits per heavy atom. The van der Waals surface area contributed by atoms with Gasteiger partial charge in [0.05, 0.1) is 18.8 Å². The first-order chi connectivity index (χ1) is 12.6. The van der Waals surface area contributed by atoms with Crippen LogP contribution >= 0.6 is 11.8 Å². The fraction of sp³-hybridized carbons (Fsp3) is 0.650. The van der Waals surface area contributed by atoms with Crippen LogP contribution in [0.4, 0.5) is 0 Å². The summed E-state index contributed by atoms with van der Waals surface area (Å²) in [6.45, 7) is 3.38. The molecule has 1 N–H and O–H groups in total. The van der Waals surface area contributed by atoms with E-state index in [1.165, 1.54) is 19.3 Å². The summed E-state index contributed by atoms with van der Waals surface area (Å²) in [5, 5.41) is 10.5. The number of methoxy groups -OCH3 is 1. The summed E-state index contributed by atoms with van der Waals surface area (Å²) in [4.78, 5) is 14.1. The minimum absolute atomic E-state index is 0.175. The largest absolute Gasteiger partial charge is 0.488 e. The van der Waals surface area contributed by atoms with Crippen molar-refractivity contribution in [3.8, 4) is 5.75 Å². The number of aliphatic hydroxyl groups is 1. The van der Waals surface area contributed by atoms with E-state index in [0.717, 1.165) is 32.5 Å². The highest BCUT2D eigenvalue weighted by atomic mass is 32.2. The second-order valence-corrected chi connectivity index (χ2v) is 8.32. The van der Waals surface area contributed by atoms with Crippen LogP contribution in [0.25, 0.3) is 0 Å². The van der Waals surface area contributed by atoms with Crippen LogP contribution in [0.5, 0.6) is 5.75 Å². The van der Waals surface area contributed by atoms with Gasteiger partial charge in [0.1, 0.15) is 11.9 Å². The summed E-state index contributed by atoms with van der Waals surface area (Å²) in [6, 6.07) is 6.94. The molecule has 0 radical (unpaired) electrons. The van der Waals surface area contributed by atoms with Crippen molar-refractivity contribution in [3.63, 3.8) is 0 Å². The minimum atomic E-state index is -0.428. The van der Waals surface area contributed by atoms with Crippen molar-refractivity contribution in [3.05, 3.63) is 29.8 Å². The average Bonchev–Trinajstić information content (AvgIpc) is 3.03. The van der Waals surface area contributed by atoms with Crippen LogP contribution in [-0.4, -0.2) is 66.9 Å². The first-order valence-electron chi connectivity index (χ1n) is 9.35. The normalized spacial score (nSPS) is 28.6. The molecule has 0 amide bonds. The molecule has 2 aliphatic rings. The first-order valence-corrected chi connectivity index (χ1v) is 10.7. The zero-order valence-electron chi connectivity index (χ0n) is 15.6. The SMILES string of the molecule is COC(=O)c1ccc(O[C@@H]2C[C@@H]3CN(CCCSC)C[C@@H]3C[C@H]2O)cc1. The van der Waals surface area contributed by atoms with Crippen molar-refractivity contribution < 1.29 is 19.4 Å². The lowest BCUT2D eigenvalue weighted by atomic mass is 9.78. The number of carbonyl (C=O) groups excluding carboxylic acids is 1. The van der Waals surface area contributed by atoms with Crippen LogP contribution in [0.1, 0.15) is 29.6 Å². The van der Waals surface area contributed by atoms with E-state index in [2.05, 4.69) is 11.2 Å². The second-order valence-electron chi connectivity index (χ2n) is 7.34. The summed E-state index contributed by atoms with van der Waals surface area (Å²) < 4.78 is 10.8. The molecule has 0 bridgehead atoms. The van der Waals surface area contributed by atoms with Crippen LogP contribution in [-0.2, 0) is 4.74 Å². The third-order valence-corrected chi connectivity index (χ3v) is 6.24. The molecule has 1 aromatic rings. The molecule has 4 atom stereocenters. The molecule has 144 valence electrons. The molecule has 1 saturated heterocycles. The Morgan fingerprint density at radius 3 is 2.58 bits per heavy atom. The van der Waals surface area contributed by atoms with Gasteiger partial charge in [-0.25, -0.2) is 4.79 Å². The molecular formula is C20H29NO4S.